The Morgan fingerprint density at radius 2 is 0.909 bits per heavy atom. The molecule has 3 rings (SSSR count). The van der Waals surface area contributed by atoms with E-state index in [0.717, 1.165) is 22.3 Å². The van der Waals surface area contributed by atoms with E-state index in [1.54, 1.807) is 12.1 Å². The average molecular weight is 280 g/mol. The van der Waals surface area contributed by atoms with Crippen LogP contribution in [-0.2, 0) is 0 Å². The van der Waals surface area contributed by atoms with Crippen LogP contribution in [0.15, 0.2) is 72.8 Å². The predicted molar refractivity (Wildman–Crippen MR) is 86.7 cm³/mol. The van der Waals surface area contributed by atoms with E-state index in [9.17, 15) is 10.5 Å². The topological polar surface area (TPSA) is 47.6 Å². The van der Waals surface area contributed by atoms with Gasteiger partial charge in [0.25, 0.3) is 0 Å². The number of benzene rings is 3. The monoisotopic (exact) mass is 280 g/mol. The summed E-state index contributed by atoms with van der Waals surface area (Å²) in [6, 6.07) is 27.4. The van der Waals surface area contributed by atoms with Crippen LogP contribution in [0.4, 0.5) is 0 Å². The molecule has 2 nitrogen and oxygen atoms in total. The van der Waals surface area contributed by atoms with E-state index >= 15 is 0 Å². The molecule has 0 aliphatic carbocycles. The van der Waals surface area contributed by atoms with E-state index in [1.807, 2.05) is 60.7 Å². The molecule has 102 valence electrons. The summed E-state index contributed by atoms with van der Waals surface area (Å²) in [4.78, 5) is 0. The molecule has 3 aromatic carbocycles. The zero-order chi connectivity index (χ0) is 15.4. The first-order valence-electron chi connectivity index (χ1n) is 6.92. The number of hydrogen-bond acceptors (Lipinski definition) is 2. The summed E-state index contributed by atoms with van der Waals surface area (Å²) in [5.74, 6) is 0. The Balaban J connectivity index is 2.25. The van der Waals surface area contributed by atoms with Crippen molar-refractivity contribution in [3.8, 4) is 34.4 Å². The van der Waals surface area contributed by atoms with E-state index in [1.165, 1.54) is 0 Å². The third-order valence-corrected chi connectivity index (χ3v) is 3.57. The fourth-order valence-electron chi connectivity index (χ4n) is 2.50. The Hall–Kier alpha value is -3.36. The molecule has 0 saturated carbocycles. The minimum absolute atomic E-state index is 0.573. The maximum atomic E-state index is 9.48. The lowest BCUT2D eigenvalue weighted by Crippen LogP contribution is -1.91. The molecule has 3 aromatic rings. The van der Waals surface area contributed by atoms with Crippen LogP contribution in [-0.4, -0.2) is 0 Å². The molecule has 0 bridgehead atoms. The van der Waals surface area contributed by atoms with Crippen LogP contribution in [0.25, 0.3) is 22.3 Å². The third-order valence-electron chi connectivity index (χ3n) is 3.57. The molecule has 0 atom stereocenters. The van der Waals surface area contributed by atoms with Gasteiger partial charge < -0.3 is 0 Å². The van der Waals surface area contributed by atoms with Gasteiger partial charge in [-0.3, -0.25) is 0 Å². The summed E-state index contributed by atoms with van der Waals surface area (Å²) < 4.78 is 0. The molecule has 0 aliphatic rings. The lowest BCUT2D eigenvalue weighted by atomic mass is 9.91. The summed E-state index contributed by atoms with van der Waals surface area (Å²) in [5, 5.41) is 19.0. The lowest BCUT2D eigenvalue weighted by molar-refractivity contribution is 1.44. The number of hydrogen-bond donors (Lipinski definition) is 0. The SMILES string of the molecule is N#Cc1cc(-c2ccccc2)c(C#N)cc1-c1ccccc1. The van der Waals surface area contributed by atoms with Gasteiger partial charge in [-0.15, -0.1) is 0 Å². The van der Waals surface area contributed by atoms with Crippen molar-refractivity contribution in [2.45, 2.75) is 0 Å². The predicted octanol–water partition coefficient (Wildman–Crippen LogP) is 4.76. The van der Waals surface area contributed by atoms with Gasteiger partial charge in [0.1, 0.15) is 0 Å². The summed E-state index contributed by atoms with van der Waals surface area (Å²) in [6.07, 6.45) is 0. The summed E-state index contributed by atoms with van der Waals surface area (Å²) >= 11 is 0. The standard InChI is InChI=1S/C20H12N2/c21-13-17-12-20(16-9-5-2-6-10-16)18(14-22)11-19(17)15-7-3-1-4-8-15/h1-12H. The minimum atomic E-state index is 0.573. The third kappa shape index (κ3) is 2.46. The van der Waals surface area contributed by atoms with E-state index in [2.05, 4.69) is 12.1 Å². The van der Waals surface area contributed by atoms with Gasteiger partial charge >= 0.3 is 0 Å². The van der Waals surface area contributed by atoms with Crippen LogP contribution < -0.4 is 0 Å². The first kappa shape index (κ1) is 13.6. The van der Waals surface area contributed by atoms with Crippen LogP contribution >= 0.6 is 0 Å². The number of nitriles is 2. The van der Waals surface area contributed by atoms with Crippen LogP contribution in [0.5, 0.6) is 0 Å². The summed E-state index contributed by atoms with van der Waals surface area (Å²) in [6.45, 7) is 0. The Morgan fingerprint density at radius 3 is 1.23 bits per heavy atom. The second-order valence-electron chi connectivity index (χ2n) is 4.90. The van der Waals surface area contributed by atoms with Gasteiger partial charge in [0.15, 0.2) is 0 Å². The van der Waals surface area contributed by atoms with Gasteiger partial charge in [0, 0.05) is 11.1 Å². The smallest absolute Gasteiger partial charge is 0.0998 e. The van der Waals surface area contributed by atoms with Gasteiger partial charge in [-0.05, 0) is 23.3 Å². The fraction of sp³-hybridized carbons (Fsp3) is 0. The zero-order valence-corrected chi connectivity index (χ0v) is 11.8. The number of nitrogens with zero attached hydrogens (tertiary/aromatic N) is 2. The fourth-order valence-corrected chi connectivity index (χ4v) is 2.50. The maximum absolute atomic E-state index is 9.48. The van der Waals surface area contributed by atoms with Crippen molar-refractivity contribution >= 4 is 0 Å². The highest BCUT2D eigenvalue weighted by atomic mass is 14.3. The molecule has 0 aliphatic heterocycles. The highest BCUT2D eigenvalue weighted by molar-refractivity contribution is 5.80. The molecule has 0 N–H and O–H groups in total. The quantitative estimate of drug-likeness (QED) is 0.679. The Labute approximate surface area is 129 Å². The van der Waals surface area contributed by atoms with Crippen molar-refractivity contribution in [2.75, 3.05) is 0 Å². The highest BCUT2D eigenvalue weighted by Crippen LogP contribution is 2.31. The average Bonchev–Trinajstić information content (AvgIpc) is 2.62. The molecule has 0 aromatic heterocycles. The van der Waals surface area contributed by atoms with Crippen LogP contribution in [0, 0.1) is 22.7 Å². The second-order valence-corrected chi connectivity index (χ2v) is 4.90. The van der Waals surface area contributed by atoms with E-state index < -0.39 is 0 Å². The van der Waals surface area contributed by atoms with Crippen molar-refractivity contribution in [3.05, 3.63) is 83.9 Å². The van der Waals surface area contributed by atoms with Gasteiger partial charge in [-0.2, -0.15) is 10.5 Å². The highest BCUT2D eigenvalue weighted by Gasteiger charge is 2.12. The first-order chi connectivity index (χ1) is 10.8. The van der Waals surface area contributed by atoms with Crippen LogP contribution in [0.2, 0.25) is 0 Å². The molecule has 2 heteroatoms. The van der Waals surface area contributed by atoms with Crippen LogP contribution in [0.3, 0.4) is 0 Å². The minimum Gasteiger partial charge on any atom is -0.192 e. The number of rotatable bonds is 2. The summed E-state index contributed by atoms with van der Waals surface area (Å²) in [5.41, 5.74) is 4.61. The normalized spacial score (nSPS) is 9.73. The molecule has 0 heterocycles. The molecular weight excluding hydrogens is 268 g/mol. The van der Waals surface area contributed by atoms with Crippen molar-refractivity contribution in [3.63, 3.8) is 0 Å². The molecular formula is C20H12N2. The maximum Gasteiger partial charge on any atom is 0.0998 e. The Morgan fingerprint density at radius 1 is 0.545 bits per heavy atom. The first-order valence-corrected chi connectivity index (χ1v) is 6.92. The van der Waals surface area contributed by atoms with Crippen molar-refractivity contribution in [1.29, 1.82) is 10.5 Å². The van der Waals surface area contributed by atoms with Gasteiger partial charge in [-0.1, -0.05) is 60.7 Å². The van der Waals surface area contributed by atoms with Crippen molar-refractivity contribution < 1.29 is 0 Å². The largest absolute Gasteiger partial charge is 0.192 e. The van der Waals surface area contributed by atoms with Gasteiger partial charge in [-0.25, -0.2) is 0 Å². The lowest BCUT2D eigenvalue weighted by Gasteiger charge is -2.10. The van der Waals surface area contributed by atoms with Crippen molar-refractivity contribution in [1.82, 2.24) is 0 Å². The molecule has 0 radical (unpaired) electrons. The molecule has 0 unspecified atom stereocenters. The Bertz CT molecular complexity index is 805. The zero-order valence-electron chi connectivity index (χ0n) is 11.8. The van der Waals surface area contributed by atoms with Gasteiger partial charge in [0.05, 0.1) is 23.3 Å². The van der Waals surface area contributed by atoms with Gasteiger partial charge in [0.2, 0.25) is 0 Å². The molecule has 22 heavy (non-hydrogen) atoms. The molecule has 0 spiro atoms. The summed E-state index contributed by atoms with van der Waals surface area (Å²) in [7, 11) is 0. The molecule has 0 amide bonds. The molecule has 0 saturated heterocycles. The second kappa shape index (κ2) is 5.95. The molecule has 0 fully saturated rings. The Kier molecular flexibility index (Phi) is 3.69. The van der Waals surface area contributed by atoms with E-state index in [0.29, 0.717) is 11.1 Å². The van der Waals surface area contributed by atoms with E-state index in [4.69, 9.17) is 0 Å². The van der Waals surface area contributed by atoms with E-state index in [-0.39, 0.29) is 0 Å². The van der Waals surface area contributed by atoms with Crippen molar-refractivity contribution in [2.24, 2.45) is 0 Å². The van der Waals surface area contributed by atoms with Crippen LogP contribution in [0.1, 0.15) is 11.1 Å².